The Morgan fingerprint density at radius 1 is 1.42 bits per heavy atom. The number of nitrogens with two attached hydrogens (primary N) is 1. The second-order valence-corrected chi connectivity index (χ2v) is 7.44. The Kier molecular flexibility index (Phi) is 4.78. The van der Waals surface area contributed by atoms with E-state index in [1.54, 1.807) is 12.1 Å². The Hall–Kier alpha value is -1.66. The number of likely N-dealkylation sites (tertiary alicyclic amines) is 1. The van der Waals surface area contributed by atoms with Gasteiger partial charge in [0.2, 0.25) is 0 Å². The Morgan fingerprint density at radius 3 is 2.71 bits per heavy atom. The van der Waals surface area contributed by atoms with Crippen LogP contribution in [0.1, 0.15) is 49.9 Å². The summed E-state index contributed by atoms with van der Waals surface area (Å²) in [6.07, 6.45) is 4.22. The van der Waals surface area contributed by atoms with Crippen LogP contribution in [0.4, 0.5) is 5.82 Å². The molecule has 0 aromatic carbocycles. The molecule has 3 N–H and O–H groups in total. The number of aliphatic hydroxyl groups is 1. The molecular weight excluding hydrogens is 306 g/mol. The molecule has 132 valence electrons. The van der Waals surface area contributed by atoms with Gasteiger partial charge in [-0.05, 0) is 37.3 Å². The summed E-state index contributed by atoms with van der Waals surface area (Å²) in [5.41, 5.74) is 5.84. The fourth-order valence-corrected chi connectivity index (χ4v) is 3.76. The predicted octanol–water partition coefficient (Wildman–Crippen LogP) is 1.83. The Bertz CT molecular complexity index is 580. The summed E-state index contributed by atoms with van der Waals surface area (Å²) in [5, 5.41) is 10.2. The number of amides is 1. The molecule has 0 radical (unpaired) electrons. The predicted molar refractivity (Wildman–Crippen MR) is 91.5 cm³/mol. The van der Waals surface area contributed by atoms with Crippen molar-refractivity contribution < 1.29 is 14.6 Å². The Balaban J connectivity index is 1.64. The zero-order chi connectivity index (χ0) is 17.3. The summed E-state index contributed by atoms with van der Waals surface area (Å²) >= 11 is 0. The van der Waals surface area contributed by atoms with Crippen molar-refractivity contribution in [1.82, 2.24) is 9.88 Å². The number of aromatic nitrogens is 1. The number of pyridine rings is 1. The second kappa shape index (κ2) is 6.69. The van der Waals surface area contributed by atoms with Crippen molar-refractivity contribution >= 4 is 11.7 Å². The lowest BCUT2D eigenvalue weighted by Crippen LogP contribution is -2.54. The van der Waals surface area contributed by atoms with Gasteiger partial charge in [-0.3, -0.25) is 4.79 Å². The van der Waals surface area contributed by atoms with Crippen LogP contribution in [0.15, 0.2) is 18.3 Å². The van der Waals surface area contributed by atoms with Crippen LogP contribution in [-0.2, 0) is 4.74 Å². The summed E-state index contributed by atoms with van der Waals surface area (Å²) in [6, 6.07) is 3.36. The average molecular weight is 333 g/mol. The monoisotopic (exact) mass is 333 g/mol. The fraction of sp³-hybridized carbons (Fsp3) is 0.667. The lowest BCUT2D eigenvalue weighted by Gasteiger charge is -2.48. The Labute approximate surface area is 143 Å². The molecule has 2 aliphatic heterocycles. The van der Waals surface area contributed by atoms with Crippen molar-refractivity contribution in [3.8, 4) is 0 Å². The molecule has 1 aromatic rings. The van der Waals surface area contributed by atoms with Gasteiger partial charge in [0.05, 0.1) is 23.4 Å². The minimum Gasteiger partial charge on any atom is -0.393 e. The minimum absolute atomic E-state index is 0.0193. The van der Waals surface area contributed by atoms with Gasteiger partial charge in [-0.15, -0.1) is 0 Å². The van der Waals surface area contributed by atoms with Gasteiger partial charge in [-0.1, -0.05) is 13.8 Å². The van der Waals surface area contributed by atoms with E-state index in [0.29, 0.717) is 43.2 Å². The van der Waals surface area contributed by atoms with Gasteiger partial charge in [-0.25, -0.2) is 4.98 Å². The molecule has 1 amide bonds. The number of aliphatic hydroxyl groups excluding tert-OH is 1. The van der Waals surface area contributed by atoms with Crippen molar-refractivity contribution in [2.24, 2.45) is 5.92 Å². The summed E-state index contributed by atoms with van der Waals surface area (Å²) in [5.74, 6) is 0.778. The van der Waals surface area contributed by atoms with E-state index in [2.05, 4.69) is 18.8 Å². The molecule has 0 unspecified atom stereocenters. The van der Waals surface area contributed by atoms with Crippen LogP contribution >= 0.6 is 0 Å². The van der Waals surface area contributed by atoms with Gasteiger partial charge >= 0.3 is 0 Å². The first-order valence-corrected chi connectivity index (χ1v) is 8.75. The molecule has 1 aromatic heterocycles. The summed E-state index contributed by atoms with van der Waals surface area (Å²) < 4.78 is 6.37. The van der Waals surface area contributed by atoms with E-state index < -0.39 is 0 Å². The van der Waals surface area contributed by atoms with Crippen LogP contribution in [0, 0.1) is 5.92 Å². The van der Waals surface area contributed by atoms with E-state index >= 15 is 0 Å². The number of anilines is 1. The van der Waals surface area contributed by atoms with Crippen molar-refractivity contribution in [2.75, 3.05) is 18.8 Å². The molecule has 2 aliphatic rings. The molecule has 2 saturated heterocycles. The van der Waals surface area contributed by atoms with Crippen LogP contribution in [0.3, 0.4) is 0 Å². The third kappa shape index (κ3) is 3.54. The van der Waals surface area contributed by atoms with E-state index in [4.69, 9.17) is 10.5 Å². The summed E-state index contributed by atoms with van der Waals surface area (Å²) in [4.78, 5) is 18.4. The van der Waals surface area contributed by atoms with E-state index in [0.717, 1.165) is 12.8 Å². The first-order valence-electron chi connectivity index (χ1n) is 8.75. The van der Waals surface area contributed by atoms with Gasteiger partial charge in [-0.2, -0.15) is 0 Å². The van der Waals surface area contributed by atoms with Crippen molar-refractivity contribution in [1.29, 1.82) is 0 Å². The molecule has 6 nitrogen and oxygen atoms in total. The van der Waals surface area contributed by atoms with Crippen LogP contribution in [0.2, 0.25) is 0 Å². The quantitative estimate of drug-likeness (QED) is 0.862. The zero-order valence-electron chi connectivity index (χ0n) is 14.4. The molecule has 3 rings (SSSR count). The number of carbonyl (C=O) groups is 1. The number of hydrogen-bond acceptors (Lipinski definition) is 5. The summed E-state index contributed by atoms with van der Waals surface area (Å²) in [6.45, 7) is 5.54. The van der Waals surface area contributed by atoms with E-state index in [9.17, 15) is 9.90 Å². The third-order valence-corrected chi connectivity index (χ3v) is 5.25. The minimum atomic E-state index is -0.310. The normalized spacial score (nSPS) is 26.8. The molecular formula is C18H27N3O3. The van der Waals surface area contributed by atoms with Gasteiger partial charge in [0.15, 0.2) is 0 Å². The third-order valence-electron chi connectivity index (χ3n) is 5.25. The van der Waals surface area contributed by atoms with Crippen LogP contribution < -0.4 is 5.73 Å². The number of piperidine rings is 1. The average Bonchev–Trinajstić information content (AvgIpc) is 2.55. The highest BCUT2D eigenvalue weighted by Crippen LogP contribution is 2.39. The van der Waals surface area contributed by atoms with Crippen molar-refractivity contribution in [3.05, 3.63) is 23.9 Å². The number of nitrogens with zero attached hydrogens (tertiary/aromatic N) is 2. The largest absolute Gasteiger partial charge is 0.393 e. The molecule has 3 heterocycles. The highest BCUT2D eigenvalue weighted by molar-refractivity contribution is 5.94. The lowest BCUT2D eigenvalue weighted by molar-refractivity contribution is -0.190. The van der Waals surface area contributed by atoms with Gasteiger partial charge in [0.25, 0.3) is 5.91 Å². The first kappa shape index (κ1) is 17.2. The maximum atomic E-state index is 12.6. The SMILES string of the molecule is CC(C)[C@H]1C[C@@H](O)CC2(CCN(C(=O)c3ccc(N)nc3)CC2)O1. The summed E-state index contributed by atoms with van der Waals surface area (Å²) in [7, 11) is 0. The molecule has 6 heteroatoms. The number of carbonyl (C=O) groups excluding carboxylic acids is 1. The molecule has 24 heavy (non-hydrogen) atoms. The number of nitrogen functional groups attached to an aromatic ring is 1. The molecule has 2 atom stereocenters. The second-order valence-electron chi connectivity index (χ2n) is 7.44. The maximum absolute atomic E-state index is 12.6. The standard InChI is InChI=1S/C18H27N3O3/c1-12(2)15-9-14(22)10-18(24-15)5-7-21(8-6-18)17(23)13-3-4-16(19)20-11-13/h3-4,11-12,14-15,22H,5-10H2,1-2H3,(H2,19,20)/t14-,15-/m1/s1. The van der Waals surface area contributed by atoms with E-state index in [1.807, 2.05) is 4.90 Å². The smallest absolute Gasteiger partial charge is 0.255 e. The van der Waals surface area contributed by atoms with Gasteiger partial charge in [0, 0.05) is 25.7 Å². The van der Waals surface area contributed by atoms with Crippen molar-refractivity contribution in [3.63, 3.8) is 0 Å². The van der Waals surface area contributed by atoms with Gasteiger partial charge < -0.3 is 20.5 Å². The molecule has 2 fully saturated rings. The molecule has 0 saturated carbocycles. The van der Waals surface area contributed by atoms with E-state index in [-0.39, 0.29) is 23.7 Å². The topological polar surface area (TPSA) is 88.7 Å². The maximum Gasteiger partial charge on any atom is 0.255 e. The number of rotatable bonds is 2. The molecule has 1 spiro atoms. The van der Waals surface area contributed by atoms with Crippen molar-refractivity contribution in [2.45, 2.75) is 57.3 Å². The molecule has 0 aliphatic carbocycles. The van der Waals surface area contributed by atoms with Crippen LogP contribution in [-0.4, -0.2) is 51.8 Å². The first-order chi connectivity index (χ1) is 11.4. The van der Waals surface area contributed by atoms with E-state index in [1.165, 1.54) is 6.20 Å². The zero-order valence-corrected chi connectivity index (χ0v) is 14.4. The number of hydrogen-bond donors (Lipinski definition) is 2. The highest BCUT2D eigenvalue weighted by Gasteiger charge is 2.44. The van der Waals surface area contributed by atoms with Crippen LogP contribution in [0.25, 0.3) is 0 Å². The lowest BCUT2D eigenvalue weighted by atomic mass is 9.80. The van der Waals surface area contributed by atoms with Crippen LogP contribution in [0.5, 0.6) is 0 Å². The highest BCUT2D eigenvalue weighted by atomic mass is 16.5. The Morgan fingerprint density at radius 2 is 2.12 bits per heavy atom. The fourth-order valence-electron chi connectivity index (χ4n) is 3.76. The van der Waals surface area contributed by atoms with Gasteiger partial charge in [0.1, 0.15) is 5.82 Å². The number of ether oxygens (including phenoxy) is 1. The molecule has 0 bridgehead atoms.